The van der Waals surface area contributed by atoms with Crippen molar-refractivity contribution in [2.75, 3.05) is 6.61 Å². The molecule has 1 heterocycles. The average Bonchev–Trinajstić information content (AvgIpc) is 2.54. The van der Waals surface area contributed by atoms with Crippen molar-refractivity contribution in [1.29, 1.82) is 0 Å². The molecule has 126 valence electrons. The van der Waals surface area contributed by atoms with Crippen LogP contribution in [0.1, 0.15) is 19.4 Å². The molecule has 1 aromatic carbocycles. The van der Waals surface area contributed by atoms with Gasteiger partial charge in [0, 0.05) is 6.20 Å². The van der Waals surface area contributed by atoms with Crippen LogP contribution in [0.2, 0.25) is 0 Å². The van der Waals surface area contributed by atoms with Gasteiger partial charge in [-0.15, -0.1) is 0 Å². The van der Waals surface area contributed by atoms with Crippen LogP contribution in [0.5, 0.6) is 5.75 Å². The molecule has 0 saturated heterocycles. The number of rotatable bonds is 5. The highest BCUT2D eigenvalue weighted by molar-refractivity contribution is 7.80. The summed E-state index contributed by atoms with van der Waals surface area (Å²) in [7, 11) is 0. The Labute approximate surface area is 149 Å². The number of thiocarbonyl (C=S) groups is 1. The van der Waals surface area contributed by atoms with Crippen LogP contribution in [0.4, 0.5) is 0 Å². The van der Waals surface area contributed by atoms with Gasteiger partial charge in [0.05, 0.1) is 23.6 Å². The van der Waals surface area contributed by atoms with Gasteiger partial charge in [0.15, 0.2) is 9.88 Å². The summed E-state index contributed by atoms with van der Waals surface area (Å²) in [6, 6.07) is 7.09. The molecule has 1 aromatic heterocycles. The van der Waals surface area contributed by atoms with Crippen LogP contribution < -0.4 is 21.5 Å². The molecular formula is C15H17N5O2S2. The molecular weight excluding hydrogens is 346 g/mol. The normalized spacial score (nSPS) is 11.2. The van der Waals surface area contributed by atoms with Crippen LogP contribution in [0.25, 0.3) is 5.69 Å². The first-order valence-corrected chi connectivity index (χ1v) is 7.93. The summed E-state index contributed by atoms with van der Waals surface area (Å²) in [5.41, 5.74) is 8.90. The van der Waals surface area contributed by atoms with Gasteiger partial charge in [-0.3, -0.25) is 14.8 Å². The fourth-order valence-electron chi connectivity index (χ4n) is 2.02. The molecule has 0 aliphatic heterocycles. The quantitative estimate of drug-likeness (QED) is 0.426. The van der Waals surface area contributed by atoms with E-state index in [1.165, 1.54) is 10.8 Å². The van der Waals surface area contributed by atoms with E-state index in [1.54, 1.807) is 31.2 Å². The summed E-state index contributed by atoms with van der Waals surface area (Å²) in [6.07, 6.45) is 1.51. The summed E-state index contributed by atoms with van der Waals surface area (Å²) in [6.45, 7) is 4.14. The van der Waals surface area contributed by atoms with Crippen molar-refractivity contribution in [3.63, 3.8) is 0 Å². The molecule has 0 amide bonds. The second kappa shape index (κ2) is 7.84. The minimum atomic E-state index is -0.297. The Kier molecular flexibility index (Phi) is 5.83. The number of nitrogens with two attached hydrogens (primary N) is 1. The maximum atomic E-state index is 12.8. The third kappa shape index (κ3) is 4.06. The third-order valence-electron chi connectivity index (χ3n) is 3.11. The third-order valence-corrected chi connectivity index (χ3v) is 3.50. The highest BCUT2D eigenvalue weighted by Gasteiger charge is 2.10. The molecule has 7 nitrogen and oxygen atoms in total. The molecule has 24 heavy (non-hydrogen) atoms. The van der Waals surface area contributed by atoms with Crippen LogP contribution >= 0.6 is 24.4 Å². The van der Waals surface area contributed by atoms with Crippen LogP contribution in [-0.2, 0) is 0 Å². The number of hydrazone groups is 1. The van der Waals surface area contributed by atoms with E-state index in [1.807, 2.05) is 6.92 Å². The average molecular weight is 363 g/mol. The van der Waals surface area contributed by atoms with Crippen molar-refractivity contribution in [2.45, 2.75) is 13.8 Å². The van der Waals surface area contributed by atoms with E-state index < -0.39 is 0 Å². The Morgan fingerprint density at radius 3 is 2.67 bits per heavy atom. The van der Waals surface area contributed by atoms with Crippen molar-refractivity contribution in [1.82, 2.24) is 15.0 Å². The van der Waals surface area contributed by atoms with Gasteiger partial charge in [-0.05, 0) is 62.5 Å². The standard InChI is InChI=1S/C15H17N5O2S2/c1-3-22-11-6-4-10(5-7-11)20-13(21)12(8-17-15(20)24)9(2)18-19-14(16)23/h4-8H,3H2,1-2H3,(H,17,24)(H3,16,19,23). The molecule has 0 spiro atoms. The number of ether oxygens (including phenoxy) is 1. The maximum Gasteiger partial charge on any atom is 0.268 e. The number of hydrogen-bond acceptors (Lipinski definition) is 5. The zero-order chi connectivity index (χ0) is 17.7. The lowest BCUT2D eigenvalue weighted by molar-refractivity contribution is 0.340. The molecule has 2 rings (SSSR count). The van der Waals surface area contributed by atoms with Crippen molar-refractivity contribution in [3.05, 3.63) is 51.2 Å². The Hall–Kier alpha value is -2.52. The first kappa shape index (κ1) is 17.8. The monoisotopic (exact) mass is 363 g/mol. The van der Waals surface area contributed by atoms with E-state index in [9.17, 15) is 4.79 Å². The van der Waals surface area contributed by atoms with Crippen molar-refractivity contribution >= 4 is 35.3 Å². The van der Waals surface area contributed by atoms with Crippen LogP contribution in [0.3, 0.4) is 0 Å². The van der Waals surface area contributed by atoms with E-state index in [0.717, 1.165) is 5.75 Å². The molecule has 0 bridgehead atoms. The van der Waals surface area contributed by atoms with E-state index in [-0.39, 0.29) is 15.4 Å². The first-order chi connectivity index (χ1) is 11.4. The lowest BCUT2D eigenvalue weighted by Crippen LogP contribution is -2.29. The van der Waals surface area contributed by atoms with Crippen molar-refractivity contribution in [2.24, 2.45) is 10.8 Å². The van der Waals surface area contributed by atoms with Gasteiger partial charge in [-0.2, -0.15) is 5.10 Å². The van der Waals surface area contributed by atoms with Gasteiger partial charge in [0.1, 0.15) is 5.75 Å². The number of aromatic amines is 1. The van der Waals surface area contributed by atoms with Gasteiger partial charge in [0.2, 0.25) is 0 Å². The molecule has 2 aromatic rings. The number of H-pyrrole nitrogens is 1. The van der Waals surface area contributed by atoms with Gasteiger partial charge in [-0.1, -0.05) is 0 Å². The summed E-state index contributed by atoms with van der Waals surface area (Å²) < 4.78 is 7.07. The molecule has 9 heteroatoms. The second-order valence-corrected chi connectivity index (χ2v) is 5.57. The van der Waals surface area contributed by atoms with Gasteiger partial charge in [-0.25, -0.2) is 0 Å². The fraction of sp³-hybridized carbons (Fsp3) is 0.200. The minimum Gasteiger partial charge on any atom is -0.494 e. The highest BCUT2D eigenvalue weighted by atomic mass is 32.1. The molecule has 0 aliphatic carbocycles. The van der Waals surface area contributed by atoms with Gasteiger partial charge in [0.25, 0.3) is 5.56 Å². The smallest absolute Gasteiger partial charge is 0.268 e. The molecule has 0 unspecified atom stereocenters. The van der Waals surface area contributed by atoms with Crippen LogP contribution in [0.15, 0.2) is 40.4 Å². The summed E-state index contributed by atoms with van der Waals surface area (Å²) in [5, 5.41) is 3.99. The van der Waals surface area contributed by atoms with E-state index >= 15 is 0 Å². The molecule has 0 atom stereocenters. The van der Waals surface area contributed by atoms with Crippen molar-refractivity contribution in [3.8, 4) is 11.4 Å². The Bertz CT molecular complexity index is 884. The summed E-state index contributed by atoms with van der Waals surface area (Å²) in [5.74, 6) is 0.721. The fourth-order valence-corrected chi connectivity index (χ4v) is 2.32. The first-order valence-electron chi connectivity index (χ1n) is 7.12. The largest absolute Gasteiger partial charge is 0.494 e. The highest BCUT2D eigenvalue weighted by Crippen LogP contribution is 2.14. The predicted molar refractivity (Wildman–Crippen MR) is 101 cm³/mol. The number of benzene rings is 1. The lowest BCUT2D eigenvalue weighted by atomic mass is 10.2. The summed E-state index contributed by atoms with van der Waals surface area (Å²) in [4.78, 5) is 15.6. The lowest BCUT2D eigenvalue weighted by Gasteiger charge is -2.10. The van der Waals surface area contributed by atoms with E-state index in [2.05, 4.69) is 15.5 Å². The van der Waals surface area contributed by atoms with Crippen LogP contribution in [-0.4, -0.2) is 27.0 Å². The SMILES string of the molecule is CCOc1ccc(-n2c(=S)[nH]cc(C(C)=NNC(N)=S)c2=O)cc1. The van der Waals surface area contributed by atoms with E-state index in [0.29, 0.717) is 23.6 Å². The molecule has 0 aliphatic rings. The number of hydrogen-bond donors (Lipinski definition) is 3. The Morgan fingerprint density at radius 1 is 1.42 bits per heavy atom. The maximum absolute atomic E-state index is 12.8. The van der Waals surface area contributed by atoms with Gasteiger partial charge >= 0.3 is 0 Å². The number of aromatic nitrogens is 2. The zero-order valence-electron chi connectivity index (χ0n) is 13.2. The van der Waals surface area contributed by atoms with Crippen LogP contribution in [0, 0.1) is 4.77 Å². The summed E-state index contributed by atoms with van der Waals surface area (Å²) >= 11 is 9.93. The predicted octanol–water partition coefficient (Wildman–Crippen LogP) is 1.85. The van der Waals surface area contributed by atoms with Gasteiger partial charge < -0.3 is 15.5 Å². The molecule has 0 fully saturated rings. The minimum absolute atomic E-state index is 0.0186. The number of nitrogens with one attached hydrogen (secondary N) is 2. The van der Waals surface area contributed by atoms with Crippen molar-refractivity contribution < 1.29 is 4.74 Å². The Balaban J connectivity index is 2.49. The molecule has 0 saturated carbocycles. The van der Waals surface area contributed by atoms with E-state index in [4.69, 9.17) is 34.9 Å². The molecule has 0 radical (unpaired) electrons. The Morgan fingerprint density at radius 2 is 2.08 bits per heavy atom. The molecule has 4 N–H and O–H groups in total. The zero-order valence-corrected chi connectivity index (χ0v) is 14.8. The topological polar surface area (TPSA) is 97.4 Å². The number of nitrogens with zero attached hydrogens (tertiary/aromatic N) is 2. The second-order valence-electron chi connectivity index (χ2n) is 4.75.